The number of pyridine rings is 2. The van der Waals surface area contributed by atoms with E-state index in [-0.39, 0.29) is 18.9 Å². The van der Waals surface area contributed by atoms with E-state index in [0.717, 1.165) is 34.3 Å². The third-order valence-corrected chi connectivity index (χ3v) is 6.27. The summed E-state index contributed by atoms with van der Waals surface area (Å²) in [5, 5.41) is 4.15. The van der Waals surface area contributed by atoms with E-state index in [1.54, 1.807) is 0 Å². The molecule has 33 heavy (non-hydrogen) atoms. The average Bonchev–Trinajstić information content (AvgIpc) is 3.58. The molecule has 0 bridgehead atoms. The first kappa shape index (κ1) is 19.8. The van der Waals surface area contributed by atoms with Crippen molar-refractivity contribution in [1.29, 1.82) is 0 Å². The highest BCUT2D eigenvalue weighted by Gasteiger charge is 2.42. The molecule has 5 heterocycles. The van der Waals surface area contributed by atoms with Crippen LogP contribution in [-0.4, -0.2) is 26.4 Å². The molecule has 1 N–H and O–H groups in total. The molecule has 164 valence electrons. The van der Waals surface area contributed by atoms with Gasteiger partial charge in [0.05, 0.1) is 24.0 Å². The van der Waals surface area contributed by atoms with Crippen LogP contribution in [0.25, 0.3) is 0 Å². The minimum atomic E-state index is -0.124. The minimum absolute atomic E-state index is 0.119. The van der Waals surface area contributed by atoms with Gasteiger partial charge in [0.15, 0.2) is 16.6 Å². The summed E-state index contributed by atoms with van der Waals surface area (Å²) in [6.45, 7) is 0.894. The quantitative estimate of drug-likeness (QED) is 0.452. The number of ether oxygens (including phenoxy) is 2. The molecule has 0 aliphatic carbocycles. The molecular weight excluding hydrogens is 434 g/mol. The topological polar surface area (TPSA) is 64.4 Å². The van der Waals surface area contributed by atoms with Crippen molar-refractivity contribution in [3.63, 3.8) is 0 Å². The highest BCUT2D eigenvalue weighted by molar-refractivity contribution is 7.80. The number of nitrogens with one attached hydrogen (secondary N) is 1. The summed E-state index contributed by atoms with van der Waals surface area (Å²) >= 11 is 5.84. The first-order valence-corrected chi connectivity index (χ1v) is 11.1. The maximum Gasteiger partial charge on any atom is 0.231 e. The zero-order valence-electron chi connectivity index (χ0n) is 17.7. The summed E-state index contributed by atoms with van der Waals surface area (Å²) in [6.07, 6.45) is 5.71. The lowest BCUT2D eigenvalue weighted by Crippen LogP contribution is -2.30. The molecule has 2 aliphatic heterocycles. The van der Waals surface area contributed by atoms with Gasteiger partial charge in [0.2, 0.25) is 6.79 Å². The number of hydrogen-bond donors (Lipinski definition) is 1. The van der Waals surface area contributed by atoms with Crippen molar-refractivity contribution in [2.75, 3.05) is 11.7 Å². The molecule has 0 unspecified atom stereocenters. The molecular formula is C25H21N5O2S. The van der Waals surface area contributed by atoms with Crippen molar-refractivity contribution in [3.8, 4) is 11.5 Å². The Morgan fingerprint density at radius 2 is 1.79 bits per heavy atom. The van der Waals surface area contributed by atoms with Gasteiger partial charge < -0.3 is 24.3 Å². The van der Waals surface area contributed by atoms with E-state index in [1.807, 2.05) is 67.0 Å². The molecule has 1 saturated heterocycles. The van der Waals surface area contributed by atoms with Gasteiger partial charge in [-0.2, -0.15) is 0 Å². The summed E-state index contributed by atoms with van der Waals surface area (Å²) in [7, 11) is 0. The van der Waals surface area contributed by atoms with Gasteiger partial charge in [0.25, 0.3) is 0 Å². The molecule has 1 fully saturated rings. The molecule has 4 aromatic rings. The van der Waals surface area contributed by atoms with E-state index < -0.39 is 0 Å². The first-order valence-electron chi connectivity index (χ1n) is 10.7. The van der Waals surface area contributed by atoms with Gasteiger partial charge in [-0.25, -0.2) is 0 Å². The molecule has 3 aromatic heterocycles. The number of benzene rings is 1. The Morgan fingerprint density at radius 1 is 0.939 bits per heavy atom. The van der Waals surface area contributed by atoms with Crippen LogP contribution < -0.4 is 19.7 Å². The highest BCUT2D eigenvalue weighted by Crippen LogP contribution is 2.44. The summed E-state index contributed by atoms with van der Waals surface area (Å²) in [6, 6.07) is 21.8. The maximum atomic E-state index is 5.84. The normalized spacial score (nSPS) is 19.0. The SMILES string of the molecule is S=C1N[C@H](c2ccccn2)[C@@H](c2cccn2Cc2ccccn2)N1c1ccc2c(c1)OCO2. The van der Waals surface area contributed by atoms with Crippen molar-refractivity contribution < 1.29 is 9.47 Å². The number of hydrogen-bond acceptors (Lipinski definition) is 5. The van der Waals surface area contributed by atoms with E-state index in [4.69, 9.17) is 21.7 Å². The van der Waals surface area contributed by atoms with Gasteiger partial charge in [-0.3, -0.25) is 9.97 Å². The highest BCUT2D eigenvalue weighted by atomic mass is 32.1. The molecule has 2 atom stereocenters. The molecule has 8 heteroatoms. The fourth-order valence-corrected chi connectivity index (χ4v) is 4.82. The van der Waals surface area contributed by atoms with Crippen LogP contribution in [0, 0.1) is 0 Å². The third kappa shape index (κ3) is 3.58. The minimum Gasteiger partial charge on any atom is -0.454 e. The smallest absolute Gasteiger partial charge is 0.231 e. The fraction of sp³-hybridized carbons (Fsp3) is 0.160. The lowest BCUT2D eigenvalue weighted by molar-refractivity contribution is 0.174. The van der Waals surface area contributed by atoms with Crippen molar-refractivity contribution in [2.45, 2.75) is 18.6 Å². The third-order valence-electron chi connectivity index (χ3n) is 5.96. The summed E-state index contributed by atoms with van der Waals surface area (Å²) in [4.78, 5) is 11.3. The summed E-state index contributed by atoms with van der Waals surface area (Å²) < 4.78 is 13.4. The van der Waals surface area contributed by atoms with E-state index >= 15 is 0 Å². The van der Waals surface area contributed by atoms with Crippen molar-refractivity contribution in [3.05, 3.63) is 102 Å². The van der Waals surface area contributed by atoms with Crippen molar-refractivity contribution in [2.24, 2.45) is 0 Å². The Kier molecular flexibility index (Phi) is 4.92. The number of rotatable bonds is 5. The molecule has 6 rings (SSSR count). The first-order chi connectivity index (χ1) is 16.3. The second-order valence-corrected chi connectivity index (χ2v) is 8.30. The zero-order chi connectivity index (χ0) is 22.2. The Hall–Kier alpha value is -3.91. The van der Waals surface area contributed by atoms with Crippen LogP contribution in [-0.2, 0) is 6.54 Å². The largest absolute Gasteiger partial charge is 0.454 e. The van der Waals surface area contributed by atoms with Gasteiger partial charge in [-0.15, -0.1) is 0 Å². The van der Waals surface area contributed by atoms with Gasteiger partial charge >= 0.3 is 0 Å². The number of fused-ring (bicyclic) bond motifs is 1. The summed E-state index contributed by atoms with van der Waals surface area (Å²) in [5.74, 6) is 1.47. The van der Waals surface area contributed by atoms with E-state index in [0.29, 0.717) is 11.7 Å². The second-order valence-electron chi connectivity index (χ2n) is 7.92. The number of aromatic nitrogens is 3. The molecule has 2 aliphatic rings. The van der Waals surface area contributed by atoms with Gasteiger partial charge in [0.1, 0.15) is 6.04 Å². The van der Waals surface area contributed by atoms with Gasteiger partial charge in [-0.1, -0.05) is 12.1 Å². The standard InChI is InChI=1S/C25H21N5O2S/c33-25-28-23(19-7-2-4-12-27-19)24(30(25)18-9-10-21-22(14-18)32-16-31-21)20-8-5-13-29(20)15-17-6-1-3-11-26-17/h1-14,23-24H,15-16H2,(H,28,33)/t23-,24-/m1/s1. The Labute approximate surface area is 196 Å². The van der Waals surface area contributed by atoms with E-state index in [1.165, 1.54) is 0 Å². The Balaban J connectivity index is 1.45. The monoisotopic (exact) mass is 455 g/mol. The van der Waals surface area contributed by atoms with Crippen LogP contribution in [0.2, 0.25) is 0 Å². The zero-order valence-corrected chi connectivity index (χ0v) is 18.5. The molecule has 0 saturated carbocycles. The lowest BCUT2D eigenvalue weighted by Gasteiger charge is -2.29. The lowest BCUT2D eigenvalue weighted by atomic mass is 10.0. The molecule has 0 radical (unpaired) electrons. The van der Waals surface area contributed by atoms with Crippen LogP contribution >= 0.6 is 12.2 Å². The number of thiocarbonyl (C=S) groups is 1. The van der Waals surface area contributed by atoms with Crippen LogP contribution in [0.15, 0.2) is 85.3 Å². The van der Waals surface area contributed by atoms with E-state index in [9.17, 15) is 0 Å². The molecule has 7 nitrogen and oxygen atoms in total. The number of anilines is 1. The molecule has 0 spiro atoms. The summed E-state index contributed by atoms with van der Waals surface area (Å²) in [5.41, 5.74) is 3.97. The van der Waals surface area contributed by atoms with Gasteiger partial charge in [-0.05, 0) is 60.7 Å². The van der Waals surface area contributed by atoms with Crippen LogP contribution in [0.3, 0.4) is 0 Å². The fourth-order valence-electron chi connectivity index (χ4n) is 4.47. The average molecular weight is 456 g/mol. The maximum absolute atomic E-state index is 5.84. The molecule has 0 amide bonds. The molecule has 1 aromatic carbocycles. The van der Waals surface area contributed by atoms with Crippen LogP contribution in [0.5, 0.6) is 11.5 Å². The van der Waals surface area contributed by atoms with Crippen LogP contribution in [0.4, 0.5) is 5.69 Å². The van der Waals surface area contributed by atoms with Crippen molar-refractivity contribution in [1.82, 2.24) is 19.9 Å². The predicted molar refractivity (Wildman–Crippen MR) is 128 cm³/mol. The second kappa shape index (κ2) is 8.22. The Morgan fingerprint density at radius 3 is 2.61 bits per heavy atom. The van der Waals surface area contributed by atoms with E-state index in [2.05, 4.69) is 43.1 Å². The van der Waals surface area contributed by atoms with Gasteiger partial charge in [0, 0.05) is 36.0 Å². The van der Waals surface area contributed by atoms with Crippen LogP contribution in [0.1, 0.15) is 29.2 Å². The number of nitrogens with zero attached hydrogens (tertiary/aromatic N) is 4. The Bertz CT molecular complexity index is 1290. The predicted octanol–water partition coefficient (Wildman–Crippen LogP) is 4.23. The van der Waals surface area contributed by atoms with Crippen molar-refractivity contribution >= 4 is 23.0 Å².